The van der Waals surface area contributed by atoms with Crippen LogP contribution in [0.25, 0.3) is 0 Å². The van der Waals surface area contributed by atoms with Crippen molar-refractivity contribution in [1.29, 1.82) is 0 Å². The number of aliphatic hydroxyl groups excluding tert-OH is 1. The van der Waals surface area contributed by atoms with Gasteiger partial charge in [-0.15, -0.1) is 0 Å². The molecule has 0 amide bonds. The summed E-state index contributed by atoms with van der Waals surface area (Å²) >= 11 is 0. The molecule has 1 aromatic rings. The van der Waals surface area contributed by atoms with E-state index in [0.717, 1.165) is 18.2 Å². The highest BCUT2D eigenvalue weighted by Crippen LogP contribution is 2.40. The number of hydrogen-bond acceptors (Lipinski definition) is 2. The molecule has 0 heterocycles. The minimum absolute atomic E-state index is 0.462. The molecule has 0 aromatic heterocycles. The molecular weight excluding hydrogens is 276 g/mol. The molecule has 0 radical (unpaired) electrons. The standard InChI is InChI=1S/C11H11F6NO/c12-10(13,14)8-4-2-1-3-7(8)9(11(15,16)17)18-5-6-19/h1-4,9,18-19H,5-6H2. The summed E-state index contributed by atoms with van der Waals surface area (Å²) in [5.41, 5.74) is -2.25. The van der Waals surface area contributed by atoms with E-state index in [0.29, 0.717) is 6.07 Å². The van der Waals surface area contributed by atoms with E-state index >= 15 is 0 Å². The second kappa shape index (κ2) is 5.79. The second-order valence-electron chi connectivity index (χ2n) is 3.74. The van der Waals surface area contributed by atoms with E-state index in [2.05, 4.69) is 0 Å². The minimum Gasteiger partial charge on any atom is -0.395 e. The second-order valence-corrected chi connectivity index (χ2v) is 3.74. The fraction of sp³-hybridized carbons (Fsp3) is 0.455. The molecule has 108 valence electrons. The third kappa shape index (κ3) is 4.10. The first kappa shape index (κ1) is 15.8. The van der Waals surface area contributed by atoms with Gasteiger partial charge in [0, 0.05) is 6.54 Å². The molecule has 0 spiro atoms. The van der Waals surface area contributed by atoms with Crippen molar-refractivity contribution in [2.24, 2.45) is 0 Å². The third-order valence-corrected chi connectivity index (χ3v) is 2.36. The Bertz CT molecular complexity index is 414. The van der Waals surface area contributed by atoms with E-state index in [1.165, 1.54) is 0 Å². The highest BCUT2D eigenvalue weighted by molar-refractivity contribution is 5.33. The van der Waals surface area contributed by atoms with Crippen molar-refractivity contribution in [2.75, 3.05) is 13.2 Å². The molecule has 0 aliphatic rings. The molecule has 8 heteroatoms. The zero-order valence-corrected chi connectivity index (χ0v) is 9.52. The Morgan fingerprint density at radius 2 is 1.63 bits per heavy atom. The van der Waals surface area contributed by atoms with Gasteiger partial charge in [0.15, 0.2) is 0 Å². The number of alkyl halides is 6. The van der Waals surface area contributed by atoms with Crippen LogP contribution in [0.4, 0.5) is 26.3 Å². The largest absolute Gasteiger partial charge is 0.416 e. The Morgan fingerprint density at radius 1 is 1.05 bits per heavy atom. The van der Waals surface area contributed by atoms with E-state index < -0.39 is 42.7 Å². The van der Waals surface area contributed by atoms with E-state index in [9.17, 15) is 26.3 Å². The number of hydrogen-bond donors (Lipinski definition) is 2. The van der Waals surface area contributed by atoms with Gasteiger partial charge in [0.1, 0.15) is 6.04 Å². The Morgan fingerprint density at radius 3 is 2.11 bits per heavy atom. The van der Waals surface area contributed by atoms with Crippen molar-refractivity contribution in [3.8, 4) is 0 Å². The Hall–Kier alpha value is -1.28. The van der Waals surface area contributed by atoms with Crippen molar-refractivity contribution in [1.82, 2.24) is 5.32 Å². The maximum atomic E-state index is 12.8. The van der Waals surface area contributed by atoms with Crippen molar-refractivity contribution in [3.05, 3.63) is 35.4 Å². The van der Waals surface area contributed by atoms with Crippen LogP contribution in [0.3, 0.4) is 0 Å². The molecule has 1 rings (SSSR count). The first-order valence-corrected chi connectivity index (χ1v) is 5.25. The van der Waals surface area contributed by atoms with Crippen LogP contribution in [-0.4, -0.2) is 24.4 Å². The molecule has 0 fully saturated rings. The lowest BCUT2D eigenvalue weighted by Crippen LogP contribution is -2.37. The molecule has 0 bridgehead atoms. The highest BCUT2D eigenvalue weighted by Gasteiger charge is 2.45. The van der Waals surface area contributed by atoms with Crippen LogP contribution < -0.4 is 5.32 Å². The van der Waals surface area contributed by atoms with Gasteiger partial charge in [-0.05, 0) is 11.6 Å². The number of rotatable bonds is 4. The maximum Gasteiger partial charge on any atom is 0.416 e. The Kier molecular flexibility index (Phi) is 4.81. The number of aliphatic hydroxyl groups is 1. The summed E-state index contributed by atoms with van der Waals surface area (Å²) in [4.78, 5) is 0. The summed E-state index contributed by atoms with van der Waals surface area (Å²) in [6, 6.07) is 1.01. The first-order valence-electron chi connectivity index (χ1n) is 5.25. The van der Waals surface area contributed by atoms with Crippen LogP contribution in [0.5, 0.6) is 0 Å². The van der Waals surface area contributed by atoms with Gasteiger partial charge < -0.3 is 10.4 Å². The summed E-state index contributed by atoms with van der Waals surface area (Å²) in [5.74, 6) is 0. The van der Waals surface area contributed by atoms with Gasteiger partial charge in [-0.1, -0.05) is 18.2 Å². The fourth-order valence-electron chi connectivity index (χ4n) is 1.62. The lowest BCUT2D eigenvalue weighted by molar-refractivity contribution is -0.162. The Balaban J connectivity index is 3.23. The number of benzene rings is 1. The van der Waals surface area contributed by atoms with E-state index in [4.69, 9.17) is 5.11 Å². The molecule has 0 saturated carbocycles. The van der Waals surface area contributed by atoms with Gasteiger partial charge in [-0.2, -0.15) is 26.3 Å². The van der Waals surface area contributed by atoms with Crippen LogP contribution >= 0.6 is 0 Å². The van der Waals surface area contributed by atoms with Gasteiger partial charge in [0.25, 0.3) is 0 Å². The van der Waals surface area contributed by atoms with Crippen LogP contribution in [0, 0.1) is 0 Å². The average Bonchev–Trinajstić information content (AvgIpc) is 2.27. The summed E-state index contributed by atoms with van der Waals surface area (Å²) < 4.78 is 76.4. The molecule has 2 N–H and O–H groups in total. The van der Waals surface area contributed by atoms with Crippen LogP contribution in [0.1, 0.15) is 17.2 Å². The average molecular weight is 287 g/mol. The number of halogens is 6. The van der Waals surface area contributed by atoms with Crippen LogP contribution in [0.2, 0.25) is 0 Å². The van der Waals surface area contributed by atoms with Crippen molar-refractivity contribution in [2.45, 2.75) is 18.4 Å². The van der Waals surface area contributed by atoms with Gasteiger partial charge in [-0.25, -0.2) is 0 Å². The topological polar surface area (TPSA) is 32.3 Å². The molecule has 2 nitrogen and oxygen atoms in total. The van der Waals surface area contributed by atoms with Gasteiger partial charge in [-0.3, -0.25) is 0 Å². The monoisotopic (exact) mass is 287 g/mol. The summed E-state index contributed by atoms with van der Waals surface area (Å²) in [6.07, 6.45) is -9.77. The number of nitrogens with one attached hydrogen (secondary N) is 1. The van der Waals surface area contributed by atoms with Crippen molar-refractivity contribution < 1.29 is 31.4 Å². The predicted molar refractivity (Wildman–Crippen MR) is 55.3 cm³/mol. The maximum absolute atomic E-state index is 12.8. The zero-order chi connectivity index (χ0) is 14.7. The minimum atomic E-state index is -4.89. The molecule has 1 unspecified atom stereocenters. The third-order valence-electron chi connectivity index (χ3n) is 2.36. The molecule has 1 aromatic carbocycles. The van der Waals surface area contributed by atoms with Crippen LogP contribution in [-0.2, 0) is 6.18 Å². The van der Waals surface area contributed by atoms with E-state index in [-0.39, 0.29) is 0 Å². The predicted octanol–water partition coefficient (Wildman–Crippen LogP) is 2.89. The highest BCUT2D eigenvalue weighted by atomic mass is 19.4. The summed E-state index contributed by atoms with van der Waals surface area (Å²) in [6.45, 7) is -1.07. The lowest BCUT2D eigenvalue weighted by Gasteiger charge is -2.24. The molecular formula is C11H11F6NO. The summed E-state index contributed by atoms with van der Waals surface area (Å²) in [5, 5.41) is 10.4. The van der Waals surface area contributed by atoms with Gasteiger partial charge in [0.2, 0.25) is 0 Å². The quantitative estimate of drug-likeness (QED) is 0.835. The van der Waals surface area contributed by atoms with Crippen molar-refractivity contribution in [3.63, 3.8) is 0 Å². The van der Waals surface area contributed by atoms with Crippen molar-refractivity contribution >= 4 is 0 Å². The zero-order valence-electron chi connectivity index (χ0n) is 9.52. The molecule has 0 aliphatic carbocycles. The molecule has 1 atom stereocenters. The SMILES string of the molecule is OCCNC(c1ccccc1C(F)(F)F)C(F)(F)F. The van der Waals surface area contributed by atoms with Gasteiger partial charge >= 0.3 is 12.4 Å². The normalized spacial score (nSPS) is 14.5. The summed E-state index contributed by atoms with van der Waals surface area (Å²) in [7, 11) is 0. The Labute approximate surface area is 105 Å². The first-order chi connectivity index (χ1) is 8.68. The van der Waals surface area contributed by atoms with Gasteiger partial charge in [0.05, 0.1) is 12.2 Å². The van der Waals surface area contributed by atoms with E-state index in [1.54, 1.807) is 0 Å². The molecule has 19 heavy (non-hydrogen) atoms. The van der Waals surface area contributed by atoms with Crippen LogP contribution in [0.15, 0.2) is 24.3 Å². The van der Waals surface area contributed by atoms with E-state index in [1.807, 2.05) is 5.32 Å². The molecule has 0 saturated heterocycles. The lowest BCUT2D eigenvalue weighted by atomic mass is 9.99. The molecule has 0 aliphatic heterocycles. The fourth-order valence-corrected chi connectivity index (χ4v) is 1.62. The smallest absolute Gasteiger partial charge is 0.395 e.